The van der Waals surface area contributed by atoms with Crippen LogP contribution in [-0.2, 0) is 17.6 Å². The van der Waals surface area contributed by atoms with Crippen LogP contribution in [0.15, 0.2) is 29.4 Å². The standard InChI is InChI=1S/C15H21N3O2/c1-12(17-15(19)10-16-20)11-18-8-6-13-4-2-3-5-14(13)7-9-18/h2-5,10,12,20H,6-9,11H2,1H3,(H,17,19)/b16-10+/t12-/m0/s1. The smallest absolute Gasteiger partial charge is 0.266 e. The van der Waals surface area contributed by atoms with E-state index in [1.807, 2.05) is 6.92 Å². The summed E-state index contributed by atoms with van der Waals surface area (Å²) in [6.45, 7) is 4.77. The monoisotopic (exact) mass is 275 g/mol. The first-order valence-corrected chi connectivity index (χ1v) is 6.96. The van der Waals surface area contributed by atoms with Gasteiger partial charge >= 0.3 is 0 Å². The van der Waals surface area contributed by atoms with E-state index in [4.69, 9.17) is 5.21 Å². The SMILES string of the molecule is C[C@@H](CN1CCc2ccccc2CC1)NC(=O)/C=N/O. The zero-order valence-electron chi connectivity index (χ0n) is 11.7. The minimum Gasteiger partial charge on any atom is -0.411 e. The normalized spacial score (nSPS) is 17.4. The first-order chi connectivity index (χ1) is 9.69. The van der Waals surface area contributed by atoms with Crippen LogP contribution in [0.25, 0.3) is 0 Å². The van der Waals surface area contributed by atoms with Gasteiger partial charge in [0.25, 0.3) is 5.91 Å². The average Bonchev–Trinajstić information content (AvgIpc) is 2.62. The fourth-order valence-electron chi connectivity index (χ4n) is 2.66. The van der Waals surface area contributed by atoms with Crippen LogP contribution < -0.4 is 5.32 Å². The van der Waals surface area contributed by atoms with Crippen LogP contribution in [0.5, 0.6) is 0 Å². The molecule has 1 aromatic carbocycles. The van der Waals surface area contributed by atoms with Gasteiger partial charge < -0.3 is 15.4 Å². The van der Waals surface area contributed by atoms with Crippen molar-refractivity contribution < 1.29 is 10.0 Å². The number of oxime groups is 1. The summed E-state index contributed by atoms with van der Waals surface area (Å²) in [5.41, 5.74) is 2.86. The van der Waals surface area contributed by atoms with Crippen LogP contribution in [0.2, 0.25) is 0 Å². The molecule has 1 aliphatic heterocycles. The molecule has 1 atom stereocenters. The molecule has 5 heteroatoms. The molecular formula is C15H21N3O2. The Labute approximate surface area is 119 Å². The zero-order valence-corrected chi connectivity index (χ0v) is 11.7. The quantitative estimate of drug-likeness (QED) is 0.490. The van der Waals surface area contributed by atoms with Crippen molar-refractivity contribution in [1.82, 2.24) is 10.2 Å². The Morgan fingerprint density at radius 3 is 2.55 bits per heavy atom. The van der Waals surface area contributed by atoms with Crippen LogP contribution in [0.1, 0.15) is 18.1 Å². The van der Waals surface area contributed by atoms with Crippen LogP contribution in [0, 0.1) is 0 Å². The van der Waals surface area contributed by atoms with Crippen molar-refractivity contribution in [3.05, 3.63) is 35.4 Å². The molecule has 0 fully saturated rings. The Balaban J connectivity index is 1.85. The maximum Gasteiger partial charge on any atom is 0.266 e. The van der Waals surface area contributed by atoms with Crippen molar-refractivity contribution in [2.45, 2.75) is 25.8 Å². The van der Waals surface area contributed by atoms with Crippen molar-refractivity contribution in [2.75, 3.05) is 19.6 Å². The molecule has 1 amide bonds. The molecule has 1 aliphatic rings. The number of carbonyl (C=O) groups is 1. The van der Waals surface area contributed by atoms with Crippen LogP contribution >= 0.6 is 0 Å². The van der Waals surface area contributed by atoms with Gasteiger partial charge in [-0.1, -0.05) is 29.4 Å². The van der Waals surface area contributed by atoms with E-state index in [0.717, 1.165) is 38.7 Å². The second kappa shape index (κ2) is 7.05. The fraction of sp³-hybridized carbons (Fsp3) is 0.467. The number of amides is 1. The minimum absolute atomic E-state index is 0.0294. The first kappa shape index (κ1) is 14.5. The Kier molecular flexibility index (Phi) is 5.12. The van der Waals surface area contributed by atoms with Crippen molar-refractivity contribution >= 4 is 12.1 Å². The van der Waals surface area contributed by atoms with Crippen molar-refractivity contribution in [1.29, 1.82) is 0 Å². The average molecular weight is 275 g/mol. The molecule has 5 nitrogen and oxygen atoms in total. The molecule has 0 saturated carbocycles. The summed E-state index contributed by atoms with van der Waals surface area (Å²) in [7, 11) is 0. The largest absolute Gasteiger partial charge is 0.411 e. The number of rotatable bonds is 4. The van der Waals surface area contributed by atoms with Gasteiger partial charge in [-0.3, -0.25) is 4.79 Å². The molecular weight excluding hydrogens is 254 g/mol. The number of fused-ring (bicyclic) bond motifs is 1. The van der Waals surface area contributed by atoms with E-state index < -0.39 is 0 Å². The lowest BCUT2D eigenvalue weighted by molar-refractivity contribution is -0.115. The highest BCUT2D eigenvalue weighted by atomic mass is 16.4. The highest BCUT2D eigenvalue weighted by molar-refractivity contribution is 6.26. The van der Waals surface area contributed by atoms with Gasteiger partial charge in [0.15, 0.2) is 0 Å². The van der Waals surface area contributed by atoms with E-state index in [9.17, 15) is 4.79 Å². The van der Waals surface area contributed by atoms with E-state index in [0.29, 0.717) is 0 Å². The Morgan fingerprint density at radius 2 is 2.00 bits per heavy atom. The third-order valence-corrected chi connectivity index (χ3v) is 3.61. The molecule has 0 aromatic heterocycles. The second-order valence-electron chi connectivity index (χ2n) is 5.22. The zero-order chi connectivity index (χ0) is 14.4. The van der Waals surface area contributed by atoms with Crippen molar-refractivity contribution in [2.24, 2.45) is 5.16 Å². The number of hydrogen-bond donors (Lipinski definition) is 2. The van der Waals surface area contributed by atoms with Gasteiger partial charge in [0.1, 0.15) is 6.21 Å². The maximum absolute atomic E-state index is 11.3. The highest BCUT2D eigenvalue weighted by Crippen LogP contribution is 2.15. The summed E-state index contributed by atoms with van der Waals surface area (Å²) in [5.74, 6) is -0.363. The molecule has 0 unspecified atom stereocenters. The van der Waals surface area contributed by atoms with Gasteiger partial charge in [0.05, 0.1) is 0 Å². The molecule has 20 heavy (non-hydrogen) atoms. The van der Waals surface area contributed by atoms with Crippen LogP contribution in [-0.4, -0.2) is 47.9 Å². The fourth-order valence-corrected chi connectivity index (χ4v) is 2.66. The lowest BCUT2D eigenvalue weighted by Crippen LogP contribution is -2.43. The molecule has 2 rings (SSSR count). The third-order valence-electron chi connectivity index (χ3n) is 3.61. The van der Waals surface area contributed by atoms with Crippen LogP contribution in [0.4, 0.5) is 0 Å². The summed E-state index contributed by atoms with van der Waals surface area (Å²) < 4.78 is 0. The number of hydrogen-bond acceptors (Lipinski definition) is 4. The van der Waals surface area contributed by atoms with E-state index in [1.165, 1.54) is 11.1 Å². The van der Waals surface area contributed by atoms with Gasteiger partial charge in [-0.15, -0.1) is 0 Å². The Morgan fingerprint density at radius 1 is 1.40 bits per heavy atom. The molecule has 0 aliphatic carbocycles. The van der Waals surface area contributed by atoms with Gasteiger partial charge in [0, 0.05) is 25.7 Å². The molecule has 1 heterocycles. The molecule has 0 spiro atoms. The summed E-state index contributed by atoms with van der Waals surface area (Å²) in [4.78, 5) is 13.7. The Bertz CT molecular complexity index is 461. The molecule has 0 saturated heterocycles. The molecule has 0 bridgehead atoms. The summed E-state index contributed by atoms with van der Waals surface area (Å²) in [6.07, 6.45) is 2.98. The second-order valence-corrected chi connectivity index (χ2v) is 5.22. The molecule has 108 valence electrons. The molecule has 0 radical (unpaired) electrons. The number of nitrogens with zero attached hydrogens (tertiary/aromatic N) is 2. The topological polar surface area (TPSA) is 64.9 Å². The maximum atomic E-state index is 11.3. The van der Waals surface area contributed by atoms with E-state index in [2.05, 4.69) is 39.6 Å². The number of benzene rings is 1. The Hall–Kier alpha value is -1.88. The summed E-state index contributed by atoms with van der Waals surface area (Å²) in [6, 6.07) is 8.60. The van der Waals surface area contributed by atoms with Gasteiger partial charge in [-0.25, -0.2) is 0 Å². The predicted molar refractivity (Wildman–Crippen MR) is 78.2 cm³/mol. The number of carbonyl (C=O) groups excluding carboxylic acids is 1. The van der Waals surface area contributed by atoms with Crippen LogP contribution in [0.3, 0.4) is 0 Å². The van der Waals surface area contributed by atoms with E-state index >= 15 is 0 Å². The minimum atomic E-state index is -0.363. The molecule has 2 N–H and O–H groups in total. The van der Waals surface area contributed by atoms with Crippen molar-refractivity contribution in [3.63, 3.8) is 0 Å². The molecule has 1 aromatic rings. The van der Waals surface area contributed by atoms with Gasteiger partial charge in [-0.05, 0) is 30.9 Å². The highest BCUT2D eigenvalue weighted by Gasteiger charge is 2.16. The lowest BCUT2D eigenvalue weighted by atomic mass is 10.0. The van der Waals surface area contributed by atoms with E-state index in [1.54, 1.807) is 0 Å². The van der Waals surface area contributed by atoms with E-state index in [-0.39, 0.29) is 11.9 Å². The van der Waals surface area contributed by atoms with Gasteiger partial charge in [0.2, 0.25) is 0 Å². The predicted octanol–water partition coefficient (Wildman–Crippen LogP) is 1.05. The van der Waals surface area contributed by atoms with Gasteiger partial charge in [-0.2, -0.15) is 0 Å². The summed E-state index contributed by atoms with van der Waals surface area (Å²) in [5, 5.41) is 13.8. The number of nitrogens with one attached hydrogen (secondary N) is 1. The van der Waals surface area contributed by atoms with Crippen molar-refractivity contribution in [3.8, 4) is 0 Å². The first-order valence-electron chi connectivity index (χ1n) is 6.96. The third kappa shape index (κ3) is 4.06. The summed E-state index contributed by atoms with van der Waals surface area (Å²) >= 11 is 0. The lowest BCUT2D eigenvalue weighted by Gasteiger charge is -2.24.